The Bertz CT molecular complexity index is 1680. The van der Waals surface area contributed by atoms with Crippen LogP contribution < -0.4 is 9.47 Å². The van der Waals surface area contributed by atoms with Crippen molar-refractivity contribution in [1.82, 2.24) is 0 Å². The highest BCUT2D eigenvalue weighted by Crippen LogP contribution is 2.28. The van der Waals surface area contributed by atoms with Crippen LogP contribution in [0, 0.1) is 0 Å². The van der Waals surface area contributed by atoms with E-state index in [0.717, 1.165) is 0 Å². The Morgan fingerprint density at radius 1 is 0.582 bits per heavy atom. The molecule has 0 saturated carbocycles. The Morgan fingerprint density at radius 2 is 1.00 bits per heavy atom. The van der Waals surface area contributed by atoms with E-state index < -0.39 is 98.6 Å². The molecule has 11 atom stereocenters. The number of benzene rings is 3. The molecule has 0 bridgehead atoms. The summed E-state index contributed by atoms with van der Waals surface area (Å²) in [6, 6.07) is 17.4. The minimum Gasteiger partial charge on any atom is -0.508 e. The largest absolute Gasteiger partial charge is 0.508 e. The Hall–Kier alpha value is -4.44. The van der Waals surface area contributed by atoms with Gasteiger partial charge in [-0.3, -0.25) is 4.79 Å². The Kier molecular flexibility index (Phi) is 14.0. The number of aliphatic hydroxyl groups is 9. The monoisotopic (exact) mass is 776 g/mol. The predicted octanol–water partition coefficient (Wildman–Crippen LogP) is -2.10. The van der Waals surface area contributed by atoms with Gasteiger partial charge in [-0.05, 0) is 53.1 Å². The lowest BCUT2D eigenvalue weighted by atomic mass is 9.91. The summed E-state index contributed by atoms with van der Waals surface area (Å²) in [5.41, 5.74) is -1.10. The molecule has 0 spiro atoms. The molecule has 10 N–H and O–H groups in total. The molecule has 0 amide bonds. The molecule has 2 heterocycles. The molecule has 0 aromatic heterocycles. The summed E-state index contributed by atoms with van der Waals surface area (Å²) in [7, 11) is 0. The molecular weight excluding hydrogens is 732 g/mol. The van der Waals surface area contributed by atoms with Crippen LogP contribution >= 0.6 is 0 Å². The van der Waals surface area contributed by atoms with Crippen molar-refractivity contribution in [3.8, 4) is 17.2 Å². The van der Waals surface area contributed by atoms with E-state index in [1.54, 1.807) is 0 Å². The number of hydrogen-bond donors (Lipinski definition) is 10. The molecule has 18 nitrogen and oxygen atoms in total. The molecule has 3 aromatic carbocycles. The number of aromatic hydroxyl groups is 1. The summed E-state index contributed by atoms with van der Waals surface area (Å²) in [6.07, 6.45) is -15.9. The molecule has 55 heavy (non-hydrogen) atoms. The first-order chi connectivity index (χ1) is 26.2. The highest BCUT2D eigenvalue weighted by Gasteiger charge is 2.46. The molecular formula is C37H44O18. The van der Waals surface area contributed by atoms with Gasteiger partial charge in [-0.2, -0.15) is 0 Å². The van der Waals surface area contributed by atoms with E-state index in [0.29, 0.717) is 16.7 Å². The van der Waals surface area contributed by atoms with E-state index in [2.05, 4.69) is 0 Å². The molecule has 5 rings (SSSR count). The van der Waals surface area contributed by atoms with E-state index in [9.17, 15) is 60.7 Å². The van der Waals surface area contributed by atoms with E-state index in [1.807, 2.05) is 0 Å². The highest BCUT2D eigenvalue weighted by atomic mass is 16.7. The van der Waals surface area contributed by atoms with Gasteiger partial charge >= 0.3 is 11.9 Å². The van der Waals surface area contributed by atoms with Gasteiger partial charge in [0.25, 0.3) is 0 Å². The summed E-state index contributed by atoms with van der Waals surface area (Å²) in [4.78, 5) is 26.3. The zero-order valence-electron chi connectivity index (χ0n) is 29.2. The van der Waals surface area contributed by atoms with Crippen LogP contribution in [-0.4, -0.2) is 143 Å². The standard InChI is InChI=1S/C37H44O18/c38-15-25-28(42)30(44)32(46)34(54-25)52-23-9-3-20(4-10-23)17-50-27(41)14-37(49,13-19-1-7-22(40)8-2-19)36(48)51-18-21-5-11-24(12-6-21)53-35-33(47)31(45)29(43)26(16-39)55-35/h1-12,25-26,28-35,38-40,42-47,49H,13-18H2. The van der Waals surface area contributed by atoms with Crippen LogP contribution in [-0.2, 0) is 48.2 Å². The smallest absolute Gasteiger partial charge is 0.339 e. The number of ether oxygens (including phenoxy) is 6. The third kappa shape index (κ3) is 10.5. The van der Waals surface area contributed by atoms with E-state index >= 15 is 0 Å². The molecule has 18 heteroatoms. The van der Waals surface area contributed by atoms with Crippen LogP contribution in [0.2, 0.25) is 0 Å². The molecule has 0 radical (unpaired) electrons. The zero-order valence-corrected chi connectivity index (χ0v) is 29.2. The van der Waals surface area contributed by atoms with Crippen molar-refractivity contribution in [3.63, 3.8) is 0 Å². The second kappa shape index (κ2) is 18.5. The highest BCUT2D eigenvalue weighted by molar-refractivity contribution is 5.86. The van der Waals surface area contributed by atoms with Gasteiger partial charge in [0, 0.05) is 6.42 Å². The number of phenolic OH excluding ortho intramolecular Hbond substituents is 1. The molecule has 0 aliphatic carbocycles. The van der Waals surface area contributed by atoms with Gasteiger partial charge in [-0.15, -0.1) is 0 Å². The van der Waals surface area contributed by atoms with Crippen molar-refractivity contribution in [2.24, 2.45) is 0 Å². The molecule has 2 saturated heterocycles. The van der Waals surface area contributed by atoms with Crippen LogP contribution in [0.1, 0.15) is 23.1 Å². The fraction of sp³-hybridized carbons (Fsp3) is 0.459. The first-order valence-corrected chi connectivity index (χ1v) is 17.2. The van der Waals surface area contributed by atoms with Crippen LogP contribution in [0.25, 0.3) is 0 Å². The lowest BCUT2D eigenvalue weighted by Gasteiger charge is -2.39. The van der Waals surface area contributed by atoms with E-state index in [-0.39, 0.29) is 36.9 Å². The van der Waals surface area contributed by atoms with Gasteiger partial charge in [0.15, 0.2) is 5.60 Å². The first kappa shape index (κ1) is 41.7. The van der Waals surface area contributed by atoms with Gasteiger partial charge in [0.05, 0.1) is 19.6 Å². The maximum absolute atomic E-state index is 13.4. The summed E-state index contributed by atoms with van der Waals surface area (Å²) >= 11 is 0. The summed E-state index contributed by atoms with van der Waals surface area (Å²) in [5, 5.41) is 100. The zero-order chi connectivity index (χ0) is 39.9. The predicted molar refractivity (Wildman–Crippen MR) is 183 cm³/mol. The third-order valence-electron chi connectivity index (χ3n) is 9.07. The number of aliphatic hydroxyl groups excluding tert-OH is 8. The third-order valence-corrected chi connectivity index (χ3v) is 9.07. The second-order valence-corrected chi connectivity index (χ2v) is 13.2. The van der Waals surface area contributed by atoms with Crippen molar-refractivity contribution in [3.05, 3.63) is 89.5 Å². The Labute approximate surface area is 313 Å². The Balaban J connectivity index is 1.17. The van der Waals surface area contributed by atoms with Crippen molar-refractivity contribution in [2.45, 2.75) is 93.1 Å². The molecule has 2 aliphatic heterocycles. The van der Waals surface area contributed by atoms with Crippen molar-refractivity contribution in [1.29, 1.82) is 0 Å². The summed E-state index contributed by atoms with van der Waals surface area (Å²) in [5.74, 6) is -1.80. The number of carbonyl (C=O) groups is 2. The molecule has 300 valence electrons. The fourth-order valence-corrected chi connectivity index (χ4v) is 5.82. The van der Waals surface area contributed by atoms with E-state index in [1.165, 1.54) is 72.8 Å². The molecule has 3 aromatic rings. The van der Waals surface area contributed by atoms with Gasteiger partial charge in [0.1, 0.15) is 79.3 Å². The fourth-order valence-electron chi connectivity index (χ4n) is 5.82. The summed E-state index contributed by atoms with van der Waals surface area (Å²) in [6.45, 7) is -1.88. The molecule has 11 unspecified atom stereocenters. The maximum atomic E-state index is 13.4. The average molecular weight is 777 g/mol. The average Bonchev–Trinajstić information content (AvgIpc) is 3.18. The van der Waals surface area contributed by atoms with Crippen molar-refractivity contribution in [2.75, 3.05) is 13.2 Å². The maximum Gasteiger partial charge on any atom is 0.339 e. The van der Waals surface area contributed by atoms with Crippen LogP contribution in [0.5, 0.6) is 17.2 Å². The van der Waals surface area contributed by atoms with E-state index in [4.69, 9.17) is 28.4 Å². The Morgan fingerprint density at radius 3 is 1.44 bits per heavy atom. The second-order valence-electron chi connectivity index (χ2n) is 13.2. The topological polar surface area (TPSA) is 292 Å². The van der Waals surface area contributed by atoms with Crippen LogP contribution in [0.15, 0.2) is 72.8 Å². The quantitative estimate of drug-likeness (QED) is 0.0740. The lowest BCUT2D eigenvalue weighted by Crippen LogP contribution is -2.60. The summed E-state index contributed by atoms with van der Waals surface area (Å²) < 4.78 is 32.5. The number of rotatable bonds is 15. The number of hydrogen-bond acceptors (Lipinski definition) is 18. The van der Waals surface area contributed by atoms with Gasteiger partial charge in [0.2, 0.25) is 12.6 Å². The van der Waals surface area contributed by atoms with Gasteiger partial charge in [-0.1, -0.05) is 36.4 Å². The first-order valence-electron chi connectivity index (χ1n) is 17.2. The molecule has 2 aliphatic rings. The molecule has 2 fully saturated rings. The number of phenols is 1. The van der Waals surface area contributed by atoms with Crippen LogP contribution in [0.3, 0.4) is 0 Å². The van der Waals surface area contributed by atoms with Crippen LogP contribution in [0.4, 0.5) is 0 Å². The number of carbonyl (C=O) groups excluding carboxylic acids is 2. The van der Waals surface area contributed by atoms with Gasteiger partial charge in [-0.25, -0.2) is 4.79 Å². The van der Waals surface area contributed by atoms with Crippen molar-refractivity contribution < 1.29 is 89.1 Å². The SMILES string of the molecule is O=C(CC(O)(Cc1ccc(O)cc1)C(=O)OCc1ccc(OC2OC(CO)C(O)C(O)C2O)cc1)OCc1ccc(OC2OC(CO)C(O)C(O)C2O)cc1. The minimum atomic E-state index is -2.40. The van der Waals surface area contributed by atoms with Gasteiger partial charge < -0.3 is 79.5 Å². The minimum absolute atomic E-state index is 0.0575. The normalized spacial score (nSPS) is 29.1. The lowest BCUT2D eigenvalue weighted by molar-refractivity contribution is -0.277. The number of esters is 2. The van der Waals surface area contributed by atoms with Crippen molar-refractivity contribution >= 4 is 11.9 Å².